The van der Waals surface area contributed by atoms with Gasteiger partial charge in [-0.05, 0) is 43.0 Å². The molecule has 0 spiro atoms. The second-order valence-corrected chi connectivity index (χ2v) is 7.73. The molecule has 1 aliphatic rings. The molecule has 4 rings (SSSR count). The maximum Gasteiger partial charge on any atom is 0.257 e. The van der Waals surface area contributed by atoms with Gasteiger partial charge in [-0.2, -0.15) is 4.98 Å². The molecular formula is C21H21N3O2S. The van der Waals surface area contributed by atoms with E-state index in [4.69, 9.17) is 4.52 Å². The van der Waals surface area contributed by atoms with Gasteiger partial charge in [0.2, 0.25) is 5.91 Å². The molecule has 1 aliphatic heterocycles. The maximum atomic E-state index is 12.4. The highest BCUT2D eigenvalue weighted by molar-refractivity contribution is 7.98. The molecule has 1 fully saturated rings. The van der Waals surface area contributed by atoms with Crippen LogP contribution in [0.4, 0.5) is 0 Å². The Kier molecular flexibility index (Phi) is 4.99. The normalized spacial score (nSPS) is 16.9. The quantitative estimate of drug-likeness (QED) is 0.619. The number of likely N-dealkylation sites (tertiary alicyclic amines) is 1. The minimum absolute atomic E-state index is 0.0223. The van der Waals surface area contributed by atoms with Crippen LogP contribution in [-0.2, 0) is 11.3 Å². The number of benzene rings is 2. The van der Waals surface area contributed by atoms with Crippen molar-refractivity contribution in [3.05, 3.63) is 65.5 Å². The van der Waals surface area contributed by atoms with Crippen LogP contribution < -0.4 is 0 Å². The number of thioether (sulfide) groups is 1. The predicted molar refractivity (Wildman–Crippen MR) is 105 cm³/mol. The van der Waals surface area contributed by atoms with Gasteiger partial charge in [-0.3, -0.25) is 4.79 Å². The van der Waals surface area contributed by atoms with Gasteiger partial charge in [-0.1, -0.05) is 35.0 Å². The van der Waals surface area contributed by atoms with Crippen molar-refractivity contribution in [1.29, 1.82) is 0 Å². The molecule has 138 valence electrons. The number of aryl methyl sites for hydroxylation is 1. The third-order valence-electron chi connectivity index (χ3n) is 4.85. The Labute approximate surface area is 162 Å². The average Bonchev–Trinajstić information content (AvgIpc) is 3.30. The first-order valence-corrected chi connectivity index (χ1v) is 10.2. The Morgan fingerprint density at radius 3 is 2.59 bits per heavy atom. The van der Waals surface area contributed by atoms with Crippen molar-refractivity contribution in [2.24, 2.45) is 0 Å². The molecule has 27 heavy (non-hydrogen) atoms. The summed E-state index contributed by atoms with van der Waals surface area (Å²) in [6.07, 6.45) is 2.48. The summed E-state index contributed by atoms with van der Waals surface area (Å²) in [5.74, 6) is 1.23. The molecule has 0 saturated carbocycles. The number of aromatic nitrogens is 2. The molecule has 3 aromatic rings. The Morgan fingerprint density at radius 1 is 1.15 bits per heavy atom. The Hall–Kier alpha value is -2.60. The average molecular weight is 379 g/mol. The summed E-state index contributed by atoms with van der Waals surface area (Å²) in [5.41, 5.74) is 3.21. The van der Waals surface area contributed by atoms with Crippen LogP contribution in [0.15, 0.2) is 57.9 Å². The van der Waals surface area contributed by atoms with Crippen LogP contribution in [0.25, 0.3) is 11.5 Å². The summed E-state index contributed by atoms with van der Waals surface area (Å²) in [4.78, 5) is 20.1. The molecule has 0 radical (unpaired) electrons. The topological polar surface area (TPSA) is 59.2 Å². The molecule has 0 N–H and O–H groups in total. The number of hydrogen-bond acceptors (Lipinski definition) is 5. The first-order valence-electron chi connectivity index (χ1n) is 8.94. The van der Waals surface area contributed by atoms with Crippen LogP contribution in [0.1, 0.15) is 29.3 Å². The molecule has 0 aliphatic carbocycles. The third-order valence-corrected chi connectivity index (χ3v) is 5.60. The zero-order valence-corrected chi connectivity index (χ0v) is 16.2. The summed E-state index contributed by atoms with van der Waals surface area (Å²) in [6, 6.07) is 16.3. The van der Waals surface area contributed by atoms with Gasteiger partial charge in [-0.25, -0.2) is 0 Å². The molecule has 2 aromatic carbocycles. The van der Waals surface area contributed by atoms with Gasteiger partial charge in [0, 0.05) is 35.9 Å². The van der Waals surface area contributed by atoms with Crippen LogP contribution in [0, 0.1) is 6.92 Å². The standard InChI is InChI=1S/C21H21N3O2S/c1-14-3-7-16(8-4-14)21-22-20(23-26-21)17-11-19(25)24(13-17)12-15-5-9-18(27-2)10-6-15/h3-10,17H,11-13H2,1-2H3. The van der Waals surface area contributed by atoms with E-state index in [2.05, 4.69) is 40.7 Å². The fourth-order valence-corrected chi connectivity index (χ4v) is 3.67. The summed E-state index contributed by atoms with van der Waals surface area (Å²) in [7, 11) is 0. The predicted octanol–water partition coefficient (Wildman–Crippen LogP) is 4.28. The van der Waals surface area contributed by atoms with Gasteiger partial charge >= 0.3 is 0 Å². The first kappa shape index (κ1) is 17.8. The minimum atomic E-state index is -0.0223. The number of rotatable bonds is 5. The molecule has 6 heteroatoms. The highest BCUT2D eigenvalue weighted by Crippen LogP contribution is 2.29. The van der Waals surface area contributed by atoms with Gasteiger partial charge in [-0.15, -0.1) is 11.8 Å². The molecule has 1 amide bonds. The van der Waals surface area contributed by atoms with Crippen molar-refractivity contribution in [3.8, 4) is 11.5 Å². The summed E-state index contributed by atoms with van der Waals surface area (Å²) >= 11 is 1.71. The molecule has 1 unspecified atom stereocenters. The lowest BCUT2D eigenvalue weighted by Crippen LogP contribution is -2.24. The van der Waals surface area contributed by atoms with Gasteiger partial charge in [0.1, 0.15) is 0 Å². The lowest BCUT2D eigenvalue weighted by Gasteiger charge is -2.16. The van der Waals surface area contributed by atoms with Crippen molar-refractivity contribution >= 4 is 17.7 Å². The number of amides is 1. The van der Waals surface area contributed by atoms with Crippen molar-refractivity contribution in [2.75, 3.05) is 12.8 Å². The number of carbonyl (C=O) groups excluding carboxylic acids is 1. The molecule has 5 nitrogen and oxygen atoms in total. The summed E-state index contributed by atoms with van der Waals surface area (Å²) in [6.45, 7) is 3.28. The monoisotopic (exact) mass is 379 g/mol. The van der Waals surface area contributed by atoms with Crippen LogP contribution in [-0.4, -0.2) is 33.7 Å². The van der Waals surface area contributed by atoms with Gasteiger partial charge in [0.25, 0.3) is 5.89 Å². The van der Waals surface area contributed by atoms with E-state index in [0.717, 1.165) is 11.1 Å². The molecule has 2 heterocycles. The third kappa shape index (κ3) is 3.90. The van der Waals surface area contributed by atoms with E-state index < -0.39 is 0 Å². The van der Waals surface area contributed by atoms with E-state index in [0.29, 0.717) is 31.2 Å². The lowest BCUT2D eigenvalue weighted by atomic mass is 10.1. The van der Waals surface area contributed by atoms with Crippen LogP contribution >= 0.6 is 11.8 Å². The van der Waals surface area contributed by atoms with Crippen molar-refractivity contribution < 1.29 is 9.32 Å². The molecule has 0 bridgehead atoms. The van der Waals surface area contributed by atoms with Gasteiger partial charge < -0.3 is 9.42 Å². The number of nitrogens with zero attached hydrogens (tertiary/aromatic N) is 3. The molecule has 1 atom stereocenters. The zero-order chi connectivity index (χ0) is 18.8. The fourth-order valence-electron chi connectivity index (χ4n) is 3.26. The minimum Gasteiger partial charge on any atom is -0.338 e. The largest absolute Gasteiger partial charge is 0.338 e. The SMILES string of the molecule is CSc1ccc(CN2CC(c3noc(-c4ccc(C)cc4)n3)CC2=O)cc1. The molecular weight excluding hydrogens is 358 g/mol. The van der Waals surface area contributed by atoms with E-state index in [-0.39, 0.29) is 11.8 Å². The van der Waals surface area contributed by atoms with E-state index >= 15 is 0 Å². The van der Waals surface area contributed by atoms with E-state index in [9.17, 15) is 4.79 Å². The van der Waals surface area contributed by atoms with Crippen LogP contribution in [0.5, 0.6) is 0 Å². The van der Waals surface area contributed by atoms with E-state index in [1.54, 1.807) is 11.8 Å². The second-order valence-electron chi connectivity index (χ2n) is 6.85. The van der Waals surface area contributed by atoms with E-state index in [1.165, 1.54) is 10.5 Å². The Balaban J connectivity index is 1.45. The molecule has 1 saturated heterocycles. The summed E-state index contributed by atoms with van der Waals surface area (Å²) < 4.78 is 5.42. The maximum absolute atomic E-state index is 12.4. The zero-order valence-electron chi connectivity index (χ0n) is 15.4. The Bertz CT molecular complexity index is 935. The smallest absolute Gasteiger partial charge is 0.257 e. The van der Waals surface area contributed by atoms with Crippen molar-refractivity contribution in [1.82, 2.24) is 15.0 Å². The van der Waals surface area contributed by atoms with Crippen LogP contribution in [0.3, 0.4) is 0 Å². The molecule has 1 aromatic heterocycles. The van der Waals surface area contributed by atoms with Crippen molar-refractivity contribution in [2.45, 2.75) is 30.7 Å². The Morgan fingerprint density at radius 2 is 1.89 bits per heavy atom. The number of carbonyl (C=O) groups is 1. The van der Waals surface area contributed by atoms with Crippen molar-refractivity contribution in [3.63, 3.8) is 0 Å². The highest BCUT2D eigenvalue weighted by Gasteiger charge is 2.33. The highest BCUT2D eigenvalue weighted by atomic mass is 32.2. The fraction of sp³-hybridized carbons (Fsp3) is 0.286. The first-order chi connectivity index (χ1) is 13.1. The second kappa shape index (κ2) is 7.56. The number of hydrogen-bond donors (Lipinski definition) is 0. The summed E-state index contributed by atoms with van der Waals surface area (Å²) in [5, 5.41) is 4.13. The van der Waals surface area contributed by atoms with Crippen LogP contribution in [0.2, 0.25) is 0 Å². The van der Waals surface area contributed by atoms with Gasteiger partial charge in [0.05, 0.1) is 0 Å². The van der Waals surface area contributed by atoms with E-state index in [1.807, 2.05) is 36.1 Å². The lowest BCUT2D eigenvalue weighted by molar-refractivity contribution is -0.128. The van der Waals surface area contributed by atoms with Gasteiger partial charge in [0.15, 0.2) is 5.82 Å².